The zero-order valence-electron chi connectivity index (χ0n) is 10.1. The highest BCUT2D eigenvalue weighted by Gasteiger charge is 2.08. The first-order valence-electron chi connectivity index (χ1n) is 5.56. The number of aromatic carboxylic acids is 1. The summed E-state index contributed by atoms with van der Waals surface area (Å²) >= 11 is 0. The molecule has 0 spiro atoms. The summed E-state index contributed by atoms with van der Waals surface area (Å²) in [5, 5.41) is 27.2. The number of hydrogen-bond donors (Lipinski definition) is 1. The molecule has 7 heteroatoms. The lowest BCUT2D eigenvalue weighted by atomic mass is 10.2. The van der Waals surface area contributed by atoms with Crippen LogP contribution in [-0.2, 0) is 0 Å². The second-order valence-electron chi connectivity index (χ2n) is 3.80. The third-order valence-corrected chi connectivity index (χ3v) is 2.47. The van der Waals surface area contributed by atoms with Gasteiger partial charge in [0.05, 0.1) is 16.2 Å². The van der Waals surface area contributed by atoms with E-state index in [-0.39, 0.29) is 16.9 Å². The minimum Gasteiger partial charge on any atom is -0.478 e. The smallest absolute Gasteiger partial charge is 0.337 e. The Kier molecular flexibility index (Phi) is 3.80. The van der Waals surface area contributed by atoms with Crippen molar-refractivity contribution >= 4 is 23.0 Å². The molecule has 0 aliphatic carbocycles. The maximum absolute atomic E-state index is 11.0. The molecule has 1 N–H and O–H groups in total. The van der Waals surface area contributed by atoms with E-state index in [9.17, 15) is 14.9 Å². The topological polar surface area (TPSA) is 105 Å². The lowest BCUT2D eigenvalue weighted by Gasteiger charge is -1.98. The second kappa shape index (κ2) is 5.70. The van der Waals surface area contributed by atoms with Gasteiger partial charge in [-0.05, 0) is 24.3 Å². The molecule has 0 bridgehead atoms. The summed E-state index contributed by atoms with van der Waals surface area (Å²) in [5.74, 6) is -1.09. The van der Waals surface area contributed by atoms with E-state index in [0.717, 1.165) is 0 Å². The summed E-state index contributed by atoms with van der Waals surface area (Å²) < 4.78 is 0. The molecule has 0 atom stereocenters. The number of carboxylic acid groups (broad SMARTS) is 1. The first-order chi connectivity index (χ1) is 9.58. The normalized spacial score (nSPS) is 10.6. The van der Waals surface area contributed by atoms with E-state index < -0.39 is 10.9 Å². The number of carbonyl (C=O) groups is 1. The van der Waals surface area contributed by atoms with Crippen molar-refractivity contribution in [1.82, 2.24) is 0 Å². The summed E-state index contributed by atoms with van der Waals surface area (Å²) in [7, 11) is 0. The minimum atomic E-state index is -1.09. The fourth-order valence-corrected chi connectivity index (χ4v) is 1.49. The van der Waals surface area contributed by atoms with E-state index in [4.69, 9.17) is 5.11 Å². The molecule has 0 unspecified atom stereocenters. The largest absolute Gasteiger partial charge is 0.478 e. The summed E-state index contributed by atoms with van der Waals surface area (Å²) in [6, 6.07) is 11.7. The van der Waals surface area contributed by atoms with Crippen LogP contribution >= 0.6 is 0 Å². The number of nitro benzene ring substituents is 1. The first-order valence-corrected chi connectivity index (χ1v) is 5.56. The zero-order chi connectivity index (χ0) is 14.5. The molecule has 20 heavy (non-hydrogen) atoms. The summed E-state index contributed by atoms with van der Waals surface area (Å²) in [5.41, 5.74) is 0.613. The molecule has 0 fully saturated rings. The summed E-state index contributed by atoms with van der Waals surface area (Å²) in [6.45, 7) is 0. The molecule has 0 aromatic heterocycles. The zero-order valence-corrected chi connectivity index (χ0v) is 10.1. The molecule has 0 aliphatic rings. The Morgan fingerprint density at radius 3 is 2.30 bits per heavy atom. The quantitative estimate of drug-likeness (QED) is 0.519. The molecular formula is C13H9N3O4. The predicted octanol–water partition coefficient (Wildman–Crippen LogP) is 3.71. The van der Waals surface area contributed by atoms with Crippen molar-refractivity contribution in [3.63, 3.8) is 0 Å². The number of azo groups is 1. The van der Waals surface area contributed by atoms with Crippen LogP contribution < -0.4 is 0 Å². The van der Waals surface area contributed by atoms with Crippen LogP contribution in [0.15, 0.2) is 58.8 Å². The first kappa shape index (κ1) is 13.3. The van der Waals surface area contributed by atoms with E-state index in [1.54, 1.807) is 12.1 Å². The average molecular weight is 271 g/mol. The van der Waals surface area contributed by atoms with E-state index in [0.29, 0.717) is 5.69 Å². The molecule has 0 radical (unpaired) electrons. The van der Waals surface area contributed by atoms with Crippen LogP contribution in [-0.4, -0.2) is 16.0 Å². The third-order valence-electron chi connectivity index (χ3n) is 2.47. The predicted molar refractivity (Wildman–Crippen MR) is 70.7 cm³/mol. The van der Waals surface area contributed by atoms with E-state index in [2.05, 4.69) is 10.2 Å². The van der Waals surface area contributed by atoms with Gasteiger partial charge in [0, 0.05) is 12.1 Å². The van der Waals surface area contributed by atoms with Crippen molar-refractivity contribution in [2.45, 2.75) is 0 Å². The standard InChI is InChI=1S/C13H9N3O4/c17-13(18)11-3-1-2-4-12(11)15-14-9-5-7-10(8-6-9)16(19)20/h1-8H,(H,17,18). The average Bonchev–Trinajstić information content (AvgIpc) is 2.45. The SMILES string of the molecule is O=C(O)c1ccccc1N=Nc1ccc([N+](=O)[O-])cc1. The van der Waals surface area contributed by atoms with Gasteiger partial charge >= 0.3 is 5.97 Å². The van der Waals surface area contributed by atoms with Crippen molar-refractivity contribution in [1.29, 1.82) is 0 Å². The molecule has 2 rings (SSSR count). The minimum absolute atomic E-state index is 0.0400. The van der Waals surface area contributed by atoms with Gasteiger partial charge in [-0.25, -0.2) is 4.79 Å². The van der Waals surface area contributed by atoms with Crippen LogP contribution in [0.2, 0.25) is 0 Å². The Morgan fingerprint density at radius 2 is 1.70 bits per heavy atom. The number of rotatable bonds is 4. The van der Waals surface area contributed by atoms with Gasteiger partial charge in [0.15, 0.2) is 0 Å². The molecule has 7 nitrogen and oxygen atoms in total. The van der Waals surface area contributed by atoms with Crippen LogP contribution in [0.1, 0.15) is 10.4 Å². The fraction of sp³-hybridized carbons (Fsp3) is 0. The highest BCUT2D eigenvalue weighted by Crippen LogP contribution is 2.23. The van der Waals surface area contributed by atoms with Gasteiger partial charge in [0.1, 0.15) is 5.69 Å². The number of hydrogen-bond acceptors (Lipinski definition) is 5. The van der Waals surface area contributed by atoms with E-state index in [1.165, 1.54) is 36.4 Å². The highest BCUT2D eigenvalue weighted by molar-refractivity contribution is 5.93. The molecule has 0 saturated carbocycles. The van der Waals surface area contributed by atoms with Crippen molar-refractivity contribution in [2.75, 3.05) is 0 Å². The van der Waals surface area contributed by atoms with Crippen LogP contribution in [0.3, 0.4) is 0 Å². The van der Waals surface area contributed by atoms with E-state index >= 15 is 0 Å². The monoisotopic (exact) mass is 271 g/mol. The van der Waals surface area contributed by atoms with Gasteiger partial charge in [-0.3, -0.25) is 10.1 Å². The number of non-ortho nitro benzene ring substituents is 1. The van der Waals surface area contributed by atoms with Crippen LogP contribution in [0.4, 0.5) is 17.1 Å². The number of carboxylic acids is 1. The lowest BCUT2D eigenvalue weighted by Crippen LogP contribution is -1.95. The van der Waals surface area contributed by atoms with Gasteiger partial charge in [-0.1, -0.05) is 12.1 Å². The highest BCUT2D eigenvalue weighted by atomic mass is 16.6. The Bertz CT molecular complexity index is 680. The number of nitrogens with zero attached hydrogens (tertiary/aromatic N) is 3. The van der Waals surface area contributed by atoms with Crippen LogP contribution in [0, 0.1) is 10.1 Å². The van der Waals surface area contributed by atoms with Crippen molar-refractivity contribution in [3.8, 4) is 0 Å². The van der Waals surface area contributed by atoms with Gasteiger partial charge in [-0.15, -0.1) is 5.11 Å². The molecule has 0 heterocycles. The van der Waals surface area contributed by atoms with Crippen LogP contribution in [0.5, 0.6) is 0 Å². The van der Waals surface area contributed by atoms with Crippen molar-refractivity contribution < 1.29 is 14.8 Å². The molecule has 0 amide bonds. The summed E-state index contributed by atoms with van der Waals surface area (Å²) in [4.78, 5) is 21.0. The van der Waals surface area contributed by atoms with E-state index in [1.807, 2.05) is 0 Å². The lowest BCUT2D eigenvalue weighted by molar-refractivity contribution is -0.384. The molecule has 2 aromatic rings. The Labute approximate surface area is 113 Å². The Morgan fingerprint density at radius 1 is 1.05 bits per heavy atom. The Hall–Kier alpha value is -3.09. The van der Waals surface area contributed by atoms with Gasteiger partial charge < -0.3 is 5.11 Å². The molecule has 0 saturated heterocycles. The van der Waals surface area contributed by atoms with Crippen LogP contribution in [0.25, 0.3) is 0 Å². The van der Waals surface area contributed by atoms with Crippen molar-refractivity contribution in [3.05, 3.63) is 64.2 Å². The Balaban J connectivity index is 2.25. The number of nitro groups is 1. The molecular weight excluding hydrogens is 262 g/mol. The third kappa shape index (κ3) is 3.02. The van der Waals surface area contributed by atoms with Gasteiger partial charge in [0.2, 0.25) is 0 Å². The maximum Gasteiger partial charge on any atom is 0.337 e. The summed E-state index contributed by atoms with van der Waals surface area (Å²) in [6.07, 6.45) is 0. The second-order valence-corrected chi connectivity index (χ2v) is 3.80. The fourth-order valence-electron chi connectivity index (χ4n) is 1.49. The number of benzene rings is 2. The molecule has 2 aromatic carbocycles. The van der Waals surface area contributed by atoms with Gasteiger partial charge in [-0.2, -0.15) is 5.11 Å². The van der Waals surface area contributed by atoms with Crippen molar-refractivity contribution in [2.24, 2.45) is 10.2 Å². The molecule has 100 valence electrons. The van der Waals surface area contributed by atoms with Gasteiger partial charge in [0.25, 0.3) is 5.69 Å². The maximum atomic E-state index is 11.0. The molecule has 0 aliphatic heterocycles.